The third-order valence-electron chi connectivity index (χ3n) is 3.43. The highest BCUT2D eigenvalue weighted by Crippen LogP contribution is 2.23. The Morgan fingerprint density at radius 3 is 2.53 bits per heavy atom. The monoisotopic (exact) mass is 263 g/mol. The van der Waals surface area contributed by atoms with Crippen LogP contribution in [0.5, 0.6) is 0 Å². The first kappa shape index (κ1) is 16.2. The molecule has 0 spiro atoms. The number of benzene rings is 1. The molecule has 0 radical (unpaired) electrons. The van der Waals surface area contributed by atoms with Crippen LogP contribution in [0, 0.1) is 0 Å². The van der Waals surface area contributed by atoms with Crippen LogP contribution in [0.25, 0.3) is 0 Å². The predicted molar refractivity (Wildman–Crippen MR) is 82.6 cm³/mol. The van der Waals surface area contributed by atoms with Crippen LogP contribution in [-0.2, 0) is 11.2 Å². The Kier molecular flexibility index (Phi) is 7.76. The normalized spacial score (nSPS) is 14.3. The lowest BCUT2D eigenvalue weighted by atomic mass is 9.96. The second kappa shape index (κ2) is 9.11. The van der Waals surface area contributed by atoms with E-state index in [1.165, 1.54) is 17.5 Å². The van der Waals surface area contributed by atoms with Crippen LogP contribution in [0.1, 0.15) is 57.7 Å². The molecule has 0 aliphatic carbocycles. The summed E-state index contributed by atoms with van der Waals surface area (Å²) in [6.45, 7) is 10.4. The molecule has 1 aromatic rings. The maximum absolute atomic E-state index is 5.90. The summed E-state index contributed by atoms with van der Waals surface area (Å²) in [5, 5.41) is 3.58. The first-order valence-corrected chi connectivity index (χ1v) is 7.70. The van der Waals surface area contributed by atoms with Crippen molar-refractivity contribution < 1.29 is 4.74 Å². The lowest BCUT2D eigenvalue weighted by molar-refractivity contribution is 0.0318. The summed E-state index contributed by atoms with van der Waals surface area (Å²) in [5.74, 6) is 0. The smallest absolute Gasteiger partial charge is 0.0766 e. The standard InChI is InChI=1S/C17H29NO/c1-5-10-14-11-9-12-15(13-14)17(18-7-3)16(6-2)19-8-4/h9,11-13,16-18H,5-8,10H2,1-4H3. The molecule has 2 unspecified atom stereocenters. The lowest BCUT2D eigenvalue weighted by Crippen LogP contribution is -2.33. The van der Waals surface area contributed by atoms with Gasteiger partial charge in [0.05, 0.1) is 12.1 Å². The van der Waals surface area contributed by atoms with Gasteiger partial charge in [-0.05, 0) is 37.4 Å². The Morgan fingerprint density at radius 2 is 1.95 bits per heavy atom. The second-order valence-electron chi connectivity index (χ2n) is 4.93. The van der Waals surface area contributed by atoms with Crippen LogP contribution in [0.4, 0.5) is 0 Å². The van der Waals surface area contributed by atoms with Gasteiger partial charge in [-0.25, -0.2) is 0 Å². The fourth-order valence-electron chi connectivity index (χ4n) is 2.58. The van der Waals surface area contributed by atoms with Crippen LogP contribution in [0.3, 0.4) is 0 Å². The van der Waals surface area contributed by atoms with E-state index in [0.717, 1.165) is 26.0 Å². The largest absolute Gasteiger partial charge is 0.377 e. The van der Waals surface area contributed by atoms with E-state index >= 15 is 0 Å². The summed E-state index contributed by atoms with van der Waals surface area (Å²) in [5.41, 5.74) is 2.78. The molecule has 0 fully saturated rings. The van der Waals surface area contributed by atoms with E-state index in [-0.39, 0.29) is 6.10 Å². The van der Waals surface area contributed by atoms with Gasteiger partial charge in [0.1, 0.15) is 0 Å². The molecule has 1 aromatic carbocycles. The summed E-state index contributed by atoms with van der Waals surface area (Å²) < 4.78 is 5.90. The highest BCUT2D eigenvalue weighted by atomic mass is 16.5. The van der Waals surface area contributed by atoms with Crippen molar-refractivity contribution in [2.75, 3.05) is 13.2 Å². The molecule has 0 saturated carbocycles. The van der Waals surface area contributed by atoms with Crippen molar-refractivity contribution in [1.82, 2.24) is 5.32 Å². The van der Waals surface area contributed by atoms with E-state index in [1.807, 2.05) is 0 Å². The number of hydrogen-bond donors (Lipinski definition) is 1. The minimum absolute atomic E-state index is 0.252. The summed E-state index contributed by atoms with van der Waals surface area (Å²) in [6, 6.07) is 9.24. The third-order valence-corrected chi connectivity index (χ3v) is 3.43. The fourth-order valence-corrected chi connectivity index (χ4v) is 2.58. The van der Waals surface area contributed by atoms with Gasteiger partial charge in [0.2, 0.25) is 0 Å². The average Bonchev–Trinajstić information content (AvgIpc) is 2.43. The maximum atomic E-state index is 5.90. The van der Waals surface area contributed by atoms with Crippen molar-refractivity contribution in [1.29, 1.82) is 0 Å². The zero-order valence-corrected chi connectivity index (χ0v) is 12.9. The molecule has 0 bridgehead atoms. The van der Waals surface area contributed by atoms with Crippen molar-refractivity contribution in [3.63, 3.8) is 0 Å². The van der Waals surface area contributed by atoms with Gasteiger partial charge in [-0.1, -0.05) is 51.5 Å². The number of hydrogen-bond acceptors (Lipinski definition) is 2. The molecule has 2 nitrogen and oxygen atoms in total. The van der Waals surface area contributed by atoms with E-state index in [1.54, 1.807) is 0 Å². The van der Waals surface area contributed by atoms with Crippen molar-refractivity contribution in [2.45, 2.75) is 59.1 Å². The second-order valence-corrected chi connectivity index (χ2v) is 4.93. The Balaban J connectivity index is 2.93. The number of aryl methyl sites for hydroxylation is 1. The Morgan fingerprint density at radius 1 is 1.16 bits per heavy atom. The zero-order chi connectivity index (χ0) is 14.1. The van der Waals surface area contributed by atoms with Gasteiger partial charge in [0.25, 0.3) is 0 Å². The van der Waals surface area contributed by atoms with E-state index in [9.17, 15) is 0 Å². The topological polar surface area (TPSA) is 21.3 Å². The van der Waals surface area contributed by atoms with Crippen molar-refractivity contribution >= 4 is 0 Å². The summed E-state index contributed by atoms with van der Waals surface area (Å²) in [6.07, 6.45) is 3.63. The minimum Gasteiger partial charge on any atom is -0.377 e. The minimum atomic E-state index is 0.252. The summed E-state index contributed by atoms with van der Waals surface area (Å²) in [7, 11) is 0. The van der Waals surface area contributed by atoms with Crippen LogP contribution in [0.15, 0.2) is 24.3 Å². The molecule has 1 N–H and O–H groups in total. The molecule has 2 atom stereocenters. The first-order valence-electron chi connectivity index (χ1n) is 7.70. The molecule has 1 rings (SSSR count). The van der Waals surface area contributed by atoms with E-state index < -0.39 is 0 Å². The Labute approximate surface area is 118 Å². The Hall–Kier alpha value is -0.860. The molecule has 0 aromatic heterocycles. The van der Waals surface area contributed by atoms with Crippen molar-refractivity contribution in [3.05, 3.63) is 35.4 Å². The van der Waals surface area contributed by atoms with E-state index in [4.69, 9.17) is 4.74 Å². The zero-order valence-electron chi connectivity index (χ0n) is 12.9. The summed E-state index contributed by atoms with van der Waals surface area (Å²) in [4.78, 5) is 0. The SMILES string of the molecule is CCCc1cccc(C(NCC)C(CC)OCC)c1. The molecule has 0 aliphatic rings. The molecule has 0 amide bonds. The van der Waals surface area contributed by atoms with Gasteiger partial charge in [-0.3, -0.25) is 0 Å². The van der Waals surface area contributed by atoms with Gasteiger partial charge in [0, 0.05) is 6.61 Å². The Bertz CT molecular complexity index is 351. The molecule has 2 heteroatoms. The van der Waals surface area contributed by atoms with Crippen LogP contribution in [0.2, 0.25) is 0 Å². The number of likely N-dealkylation sites (N-methyl/N-ethyl adjacent to an activating group) is 1. The molecule has 0 aliphatic heterocycles. The first-order chi connectivity index (χ1) is 9.26. The maximum Gasteiger partial charge on any atom is 0.0766 e. The average molecular weight is 263 g/mol. The van der Waals surface area contributed by atoms with Gasteiger partial charge in [-0.2, -0.15) is 0 Å². The van der Waals surface area contributed by atoms with Crippen LogP contribution >= 0.6 is 0 Å². The fraction of sp³-hybridized carbons (Fsp3) is 0.647. The number of rotatable bonds is 9. The highest BCUT2D eigenvalue weighted by molar-refractivity contribution is 5.27. The molecular formula is C17H29NO. The van der Waals surface area contributed by atoms with E-state index in [2.05, 4.69) is 57.3 Å². The van der Waals surface area contributed by atoms with Gasteiger partial charge in [0.15, 0.2) is 0 Å². The number of nitrogens with one attached hydrogen (secondary N) is 1. The molecule has 0 saturated heterocycles. The molecular weight excluding hydrogens is 234 g/mol. The highest BCUT2D eigenvalue weighted by Gasteiger charge is 2.21. The number of ether oxygens (including phenoxy) is 1. The van der Waals surface area contributed by atoms with Gasteiger partial charge in [-0.15, -0.1) is 0 Å². The third kappa shape index (κ3) is 4.96. The quantitative estimate of drug-likeness (QED) is 0.724. The van der Waals surface area contributed by atoms with Crippen LogP contribution < -0.4 is 5.32 Å². The lowest BCUT2D eigenvalue weighted by Gasteiger charge is -2.27. The van der Waals surface area contributed by atoms with Gasteiger partial charge >= 0.3 is 0 Å². The van der Waals surface area contributed by atoms with E-state index in [0.29, 0.717) is 6.04 Å². The molecule has 0 heterocycles. The predicted octanol–water partition coefficient (Wildman–Crippen LogP) is 4.10. The van der Waals surface area contributed by atoms with Crippen molar-refractivity contribution in [3.8, 4) is 0 Å². The summed E-state index contributed by atoms with van der Waals surface area (Å²) >= 11 is 0. The van der Waals surface area contributed by atoms with Crippen LogP contribution in [-0.4, -0.2) is 19.3 Å². The van der Waals surface area contributed by atoms with Crippen molar-refractivity contribution in [2.24, 2.45) is 0 Å². The molecule has 19 heavy (non-hydrogen) atoms. The molecule has 108 valence electrons. The van der Waals surface area contributed by atoms with Gasteiger partial charge < -0.3 is 10.1 Å².